The van der Waals surface area contributed by atoms with E-state index in [0.717, 1.165) is 41.5 Å². The van der Waals surface area contributed by atoms with Gasteiger partial charge >= 0.3 is 0 Å². The van der Waals surface area contributed by atoms with E-state index in [1.165, 1.54) is 68.7 Å². The van der Waals surface area contributed by atoms with Crippen LogP contribution in [0.1, 0.15) is 88.2 Å². The molecule has 2 fully saturated rings. The summed E-state index contributed by atoms with van der Waals surface area (Å²) in [6, 6.07) is 10.6. The average molecular weight is 393 g/mol. The van der Waals surface area contributed by atoms with Crippen molar-refractivity contribution in [1.29, 1.82) is 0 Å². The molecule has 0 nitrogen and oxygen atoms in total. The molecule has 0 spiro atoms. The monoisotopic (exact) mass is 392 g/mol. The fourth-order valence-electron chi connectivity index (χ4n) is 6.08. The van der Waals surface area contributed by atoms with Gasteiger partial charge in [0.2, 0.25) is 0 Å². The molecular formula is C28H37F. The van der Waals surface area contributed by atoms with E-state index in [0.29, 0.717) is 5.92 Å². The quantitative estimate of drug-likeness (QED) is 0.414. The van der Waals surface area contributed by atoms with Crippen LogP contribution in [0.2, 0.25) is 0 Å². The number of allylic oxidation sites excluding steroid dienone is 1. The first-order valence-electron chi connectivity index (χ1n) is 12.0. The highest BCUT2D eigenvalue weighted by Gasteiger charge is 2.35. The second kappa shape index (κ2) is 9.45. The van der Waals surface area contributed by atoms with E-state index in [1.807, 2.05) is 12.1 Å². The summed E-state index contributed by atoms with van der Waals surface area (Å²) in [7, 11) is 0. The summed E-state index contributed by atoms with van der Waals surface area (Å²) in [4.78, 5) is 0. The number of halogens is 1. The van der Waals surface area contributed by atoms with Crippen molar-refractivity contribution in [2.45, 2.75) is 83.5 Å². The number of hydrogen-bond acceptors (Lipinski definition) is 0. The van der Waals surface area contributed by atoms with Crippen LogP contribution in [0.15, 0.2) is 43.0 Å². The van der Waals surface area contributed by atoms with E-state index in [1.54, 1.807) is 6.07 Å². The lowest BCUT2D eigenvalue weighted by Crippen LogP contribution is -2.30. The lowest BCUT2D eigenvalue weighted by molar-refractivity contribution is 0.113. The van der Waals surface area contributed by atoms with Crippen molar-refractivity contribution >= 4 is 10.8 Å². The van der Waals surface area contributed by atoms with Gasteiger partial charge in [-0.1, -0.05) is 56.9 Å². The van der Waals surface area contributed by atoms with Crippen LogP contribution < -0.4 is 0 Å². The number of fused-ring (bicyclic) bond motifs is 2. The molecule has 1 heteroatoms. The van der Waals surface area contributed by atoms with Gasteiger partial charge < -0.3 is 0 Å². The second-order valence-corrected chi connectivity index (χ2v) is 9.73. The minimum absolute atomic E-state index is 0.0643. The summed E-state index contributed by atoms with van der Waals surface area (Å²) in [5, 5.41) is 2.23. The molecule has 4 atom stereocenters. The number of aryl methyl sites for hydroxylation is 1. The molecular weight excluding hydrogens is 355 g/mol. The Morgan fingerprint density at radius 2 is 1.83 bits per heavy atom. The van der Waals surface area contributed by atoms with E-state index in [4.69, 9.17) is 0 Å². The lowest BCUT2D eigenvalue weighted by Gasteiger charge is -2.42. The standard InChI is InChI=1S/C28H37F/c1-3-5-7-20-9-10-22-16-23(12-11-21(22)15-20)24-13-14-25-17-26(8-6-4-2)28(29)19-27(25)18-24/h4,13-14,17-23H,2-3,5-12,15-16H2,1H3/t20?,21-,22?,23-/m1/s1. The Bertz CT molecular complexity index is 836. The molecule has 0 radical (unpaired) electrons. The Kier molecular flexibility index (Phi) is 6.73. The summed E-state index contributed by atoms with van der Waals surface area (Å²) in [6.07, 6.45) is 16.0. The third kappa shape index (κ3) is 4.76. The Morgan fingerprint density at radius 1 is 1.00 bits per heavy atom. The highest BCUT2D eigenvalue weighted by Crippen LogP contribution is 2.48. The molecule has 0 N–H and O–H groups in total. The predicted octanol–water partition coefficient (Wildman–Crippen LogP) is 8.59. The fraction of sp³-hybridized carbons (Fsp3) is 0.571. The molecule has 0 aromatic heterocycles. The highest BCUT2D eigenvalue weighted by atomic mass is 19.1. The highest BCUT2D eigenvalue weighted by molar-refractivity contribution is 5.84. The molecule has 4 rings (SSSR count). The normalized spacial score (nSPS) is 27.0. The third-order valence-corrected chi connectivity index (χ3v) is 7.81. The van der Waals surface area contributed by atoms with Gasteiger partial charge in [0.15, 0.2) is 0 Å². The molecule has 0 aliphatic heterocycles. The molecule has 0 heterocycles. The van der Waals surface area contributed by atoms with E-state index >= 15 is 0 Å². The molecule has 2 aromatic carbocycles. The van der Waals surface area contributed by atoms with Crippen LogP contribution in [-0.4, -0.2) is 0 Å². The van der Waals surface area contributed by atoms with Gasteiger partial charge in [-0.05, 0) is 103 Å². The van der Waals surface area contributed by atoms with Gasteiger partial charge in [-0.3, -0.25) is 0 Å². The van der Waals surface area contributed by atoms with Gasteiger partial charge in [-0.25, -0.2) is 4.39 Å². The molecule has 2 aliphatic carbocycles. The van der Waals surface area contributed by atoms with Crippen molar-refractivity contribution in [2.75, 3.05) is 0 Å². The molecule has 29 heavy (non-hydrogen) atoms. The Labute approximate surface area is 176 Å². The molecule has 0 amide bonds. The lowest BCUT2D eigenvalue weighted by atomic mass is 9.63. The summed E-state index contributed by atoms with van der Waals surface area (Å²) < 4.78 is 14.5. The first-order valence-corrected chi connectivity index (χ1v) is 12.0. The van der Waals surface area contributed by atoms with Crippen LogP contribution in [0.5, 0.6) is 0 Å². The van der Waals surface area contributed by atoms with Crippen LogP contribution in [0, 0.1) is 23.6 Å². The zero-order chi connectivity index (χ0) is 20.2. The SMILES string of the molecule is C=CCCc1cc2ccc([C@@H]3CC[C@@H]4CC(CCCC)CCC4C3)cc2cc1F. The first-order chi connectivity index (χ1) is 14.2. The van der Waals surface area contributed by atoms with Crippen LogP contribution in [0.3, 0.4) is 0 Å². The molecule has 156 valence electrons. The molecule has 2 aliphatic rings. The van der Waals surface area contributed by atoms with Crippen molar-refractivity contribution in [3.8, 4) is 0 Å². The molecule has 0 saturated heterocycles. The predicted molar refractivity (Wildman–Crippen MR) is 123 cm³/mol. The maximum atomic E-state index is 14.5. The number of benzene rings is 2. The minimum atomic E-state index is -0.0643. The summed E-state index contributed by atoms with van der Waals surface area (Å²) in [6.45, 7) is 6.07. The molecule has 0 bridgehead atoms. The van der Waals surface area contributed by atoms with Gasteiger partial charge in [0.1, 0.15) is 5.82 Å². The van der Waals surface area contributed by atoms with Crippen LogP contribution >= 0.6 is 0 Å². The maximum Gasteiger partial charge on any atom is 0.127 e. The van der Waals surface area contributed by atoms with Crippen molar-refractivity contribution < 1.29 is 4.39 Å². The smallest absolute Gasteiger partial charge is 0.127 e. The van der Waals surface area contributed by atoms with Gasteiger partial charge in [-0.2, -0.15) is 0 Å². The van der Waals surface area contributed by atoms with Crippen molar-refractivity contribution in [1.82, 2.24) is 0 Å². The van der Waals surface area contributed by atoms with Crippen molar-refractivity contribution in [3.63, 3.8) is 0 Å². The van der Waals surface area contributed by atoms with E-state index in [-0.39, 0.29) is 5.82 Å². The maximum absolute atomic E-state index is 14.5. The van der Waals surface area contributed by atoms with Gasteiger partial charge in [0.05, 0.1) is 0 Å². The topological polar surface area (TPSA) is 0 Å². The summed E-state index contributed by atoms with van der Waals surface area (Å²) in [5.41, 5.74) is 2.24. The van der Waals surface area contributed by atoms with Crippen LogP contribution in [0.4, 0.5) is 4.39 Å². The van der Waals surface area contributed by atoms with E-state index < -0.39 is 0 Å². The van der Waals surface area contributed by atoms with Crippen molar-refractivity contribution in [3.05, 3.63) is 59.9 Å². The Balaban J connectivity index is 1.45. The molecule has 2 saturated carbocycles. The summed E-state index contributed by atoms with van der Waals surface area (Å²) in [5.74, 6) is 3.47. The van der Waals surface area contributed by atoms with Gasteiger partial charge in [0, 0.05) is 0 Å². The van der Waals surface area contributed by atoms with Gasteiger partial charge in [0.25, 0.3) is 0 Å². The Hall–Kier alpha value is -1.63. The largest absolute Gasteiger partial charge is 0.207 e. The molecule has 2 aromatic rings. The van der Waals surface area contributed by atoms with Gasteiger partial charge in [-0.15, -0.1) is 6.58 Å². The second-order valence-electron chi connectivity index (χ2n) is 9.73. The number of hydrogen-bond donors (Lipinski definition) is 0. The number of unbranched alkanes of at least 4 members (excludes halogenated alkanes) is 1. The average Bonchev–Trinajstić information content (AvgIpc) is 2.75. The van der Waals surface area contributed by atoms with Crippen LogP contribution in [0.25, 0.3) is 10.8 Å². The third-order valence-electron chi connectivity index (χ3n) is 7.81. The fourth-order valence-corrected chi connectivity index (χ4v) is 6.08. The zero-order valence-electron chi connectivity index (χ0n) is 18.1. The zero-order valence-corrected chi connectivity index (χ0v) is 18.1. The number of rotatable bonds is 7. The summed E-state index contributed by atoms with van der Waals surface area (Å²) >= 11 is 0. The minimum Gasteiger partial charge on any atom is -0.207 e. The molecule has 2 unspecified atom stereocenters. The van der Waals surface area contributed by atoms with Crippen LogP contribution in [-0.2, 0) is 6.42 Å². The van der Waals surface area contributed by atoms with E-state index in [9.17, 15) is 4.39 Å². The van der Waals surface area contributed by atoms with E-state index in [2.05, 4.69) is 31.7 Å². The Morgan fingerprint density at radius 3 is 2.66 bits per heavy atom. The first kappa shape index (κ1) is 20.6. The van der Waals surface area contributed by atoms with Crippen molar-refractivity contribution in [2.24, 2.45) is 17.8 Å².